The van der Waals surface area contributed by atoms with Crippen molar-refractivity contribution >= 4 is 5.69 Å². The lowest BCUT2D eigenvalue weighted by molar-refractivity contribution is 0.0854. The molecule has 0 saturated carbocycles. The van der Waals surface area contributed by atoms with E-state index in [1.807, 2.05) is 6.20 Å². The van der Waals surface area contributed by atoms with Crippen molar-refractivity contribution in [3.05, 3.63) is 24.0 Å². The Kier molecular flexibility index (Phi) is 4.55. The summed E-state index contributed by atoms with van der Waals surface area (Å²) in [6, 6.07) is 4.72. The van der Waals surface area contributed by atoms with E-state index in [0.717, 1.165) is 38.4 Å². The van der Waals surface area contributed by atoms with Crippen LogP contribution in [0, 0.1) is 0 Å². The van der Waals surface area contributed by atoms with Gasteiger partial charge in [0.2, 0.25) is 0 Å². The Morgan fingerprint density at radius 1 is 1.44 bits per heavy atom. The van der Waals surface area contributed by atoms with Crippen LogP contribution in [0.3, 0.4) is 0 Å². The van der Waals surface area contributed by atoms with Crippen molar-refractivity contribution in [2.75, 3.05) is 45.3 Å². The number of aromatic nitrogens is 1. The molecule has 1 unspecified atom stereocenters. The molecule has 0 amide bonds. The summed E-state index contributed by atoms with van der Waals surface area (Å²) >= 11 is 0. The molecule has 1 aromatic rings. The Balaban J connectivity index is 2.11. The summed E-state index contributed by atoms with van der Waals surface area (Å²) in [5.74, 6) is 0. The van der Waals surface area contributed by atoms with Gasteiger partial charge >= 0.3 is 0 Å². The highest BCUT2D eigenvalue weighted by molar-refractivity contribution is 5.46. The Bertz CT molecular complexity index is 364. The normalized spacial score (nSPS) is 20.4. The molecule has 1 aliphatic rings. The lowest BCUT2D eigenvalue weighted by Gasteiger charge is -2.38. The first-order valence-corrected chi connectivity index (χ1v) is 6.64. The van der Waals surface area contributed by atoms with Gasteiger partial charge in [-0.15, -0.1) is 0 Å². The van der Waals surface area contributed by atoms with Gasteiger partial charge in [-0.1, -0.05) is 6.92 Å². The van der Waals surface area contributed by atoms with Gasteiger partial charge in [-0.05, 0) is 32.6 Å². The van der Waals surface area contributed by atoms with Crippen molar-refractivity contribution in [2.24, 2.45) is 0 Å². The summed E-state index contributed by atoms with van der Waals surface area (Å²) < 4.78 is 5.59. The van der Waals surface area contributed by atoms with Gasteiger partial charge < -0.3 is 14.5 Å². The quantitative estimate of drug-likeness (QED) is 0.807. The van der Waals surface area contributed by atoms with Gasteiger partial charge in [0, 0.05) is 18.8 Å². The lowest BCUT2D eigenvalue weighted by atomic mass is 10.2. The Morgan fingerprint density at radius 3 is 2.89 bits per heavy atom. The third kappa shape index (κ3) is 3.21. The van der Waals surface area contributed by atoms with E-state index in [1.54, 1.807) is 0 Å². The van der Waals surface area contributed by atoms with Crippen molar-refractivity contribution in [1.82, 2.24) is 9.88 Å². The summed E-state index contributed by atoms with van der Waals surface area (Å²) in [4.78, 5) is 9.11. The monoisotopic (exact) mass is 249 g/mol. The summed E-state index contributed by atoms with van der Waals surface area (Å²) in [5, 5.41) is 0. The topological polar surface area (TPSA) is 28.6 Å². The van der Waals surface area contributed by atoms with Crippen molar-refractivity contribution in [1.29, 1.82) is 0 Å². The first kappa shape index (κ1) is 13.3. The van der Waals surface area contributed by atoms with E-state index in [4.69, 9.17) is 4.74 Å². The summed E-state index contributed by atoms with van der Waals surface area (Å²) in [7, 11) is 4.20. The number of rotatable bonds is 4. The fraction of sp³-hybridized carbons (Fsp3) is 0.643. The zero-order valence-corrected chi connectivity index (χ0v) is 11.6. The van der Waals surface area contributed by atoms with Crippen LogP contribution < -0.4 is 4.90 Å². The van der Waals surface area contributed by atoms with Crippen LogP contribution in [0.4, 0.5) is 5.69 Å². The lowest BCUT2D eigenvalue weighted by Crippen LogP contribution is -2.50. The molecule has 2 rings (SSSR count). The SMILES string of the molecule is CCc1ccc(N2CCOCC2CN(C)C)cn1. The van der Waals surface area contributed by atoms with Crippen LogP contribution in [0.25, 0.3) is 0 Å². The number of aryl methyl sites for hydroxylation is 1. The summed E-state index contributed by atoms with van der Waals surface area (Å²) in [6.45, 7) is 5.69. The summed E-state index contributed by atoms with van der Waals surface area (Å²) in [5.41, 5.74) is 2.36. The Labute approximate surface area is 110 Å². The zero-order valence-electron chi connectivity index (χ0n) is 11.6. The maximum Gasteiger partial charge on any atom is 0.0683 e. The van der Waals surface area contributed by atoms with Gasteiger partial charge in [-0.3, -0.25) is 4.98 Å². The van der Waals surface area contributed by atoms with Gasteiger partial charge in [0.15, 0.2) is 0 Å². The highest BCUT2D eigenvalue weighted by Crippen LogP contribution is 2.19. The number of hydrogen-bond acceptors (Lipinski definition) is 4. The Hall–Kier alpha value is -1.13. The van der Waals surface area contributed by atoms with Gasteiger partial charge in [0.05, 0.1) is 31.1 Å². The van der Waals surface area contributed by atoms with E-state index in [0.29, 0.717) is 6.04 Å². The predicted octanol–water partition coefficient (Wildman–Crippen LogP) is 1.41. The first-order valence-electron chi connectivity index (χ1n) is 6.64. The van der Waals surface area contributed by atoms with E-state index in [1.165, 1.54) is 5.69 Å². The van der Waals surface area contributed by atoms with Gasteiger partial charge in [0.25, 0.3) is 0 Å². The Morgan fingerprint density at radius 2 is 2.28 bits per heavy atom. The molecule has 1 saturated heterocycles. The average molecular weight is 249 g/mol. The van der Waals surface area contributed by atoms with Crippen LogP contribution in [0.15, 0.2) is 18.3 Å². The van der Waals surface area contributed by atoms with Gasteiger partial charge in [0.1, 0.15) is 0 Å². The second kappa shape index (κ2) is 6.16. The second-order valence-electron chi connectivity index (χ2n) is 5.05. The average Bonchev–Trinajstić information content (AvgIpc) is 2.39. The van der Waals surface area contributed by atoms with E-state index < -0.39 is 0 Å². The molecule has 0 spiro atoms. The minimum absolute atomic E-state index is 0.419. The third-order valence-electron chi connectivity index (χ3n) is 3.31. The molecule has 4 nitrogen and oxygen atoms in total. The molecule has 1 aliphatic heterocycles. The zero-order chi connectivity index (χ0) is 13.0. The molecule has 0 N–H and O–H groups in total. The molecular formula is C14H23N3O. The second-order valence-corrected chi connectivity index (χ2v) is 5.05. The molecule has 1 aromatic heterocycles. The van der Waals surface area contributed by atoms with E-state index in [2.05, 4.69) is 47.9 Å². The molecule has 1 fully saturated rings. The molecular weight excluding hydrogens is 226 g/mol. The smallest absolute Gasteiger partial charge is 0.0683 e. The van der Waals surface area contributed by atoms with E-state index in [9.17, 15) is 0 Å². The van der Waals surface area contributed by atoms with Crippen LogP contribution in [0.1, 0.15) is 12.6 Å². The number of likely N-dealkylation sites (N-methyl/N-ethyl adjacent to an activating group) is 1. The first-order chi connectivity index (χ1) is 8.70. The molecule has 18 heavy (non-hydrogen) atoms. The number of pyridine rings is 1. The van der Waals surface area contributed by atoms with Crippen LogP contribution in [-0.4, -0.2) is 56.3 Å². The fourth-order valence-corrected chi connectivity index (χ4v) is 2.36. The van der Waals surface area contributed by atoms with Crippen LogP contribution in [0.2, 0.25) is 0 Å². The molecule has 100 valence electrons. The van der Waals surface area contributed by atoms with Crippen molar-refractivity contribution in [3.8, 4) is 0 Å². The largest absolute Gasteiger partial charge is 0.377 e. The molecule has 0 radical (unpaired) electrons. The maximum atomic E-state index is 5.59. The third-order valence-corrected chi connectivity index (χ3v) is 3.31. The highest BCUT2D eigenvalue weighted by Gasteiger charge is 2.23. The van der Waals surface area contributed by atoms with E-state index >= 15 is 0 Å². The number of nitrogens with zero attached hydrogens (tertiary/aromatic N) is 3. The highest BCUT2D eigenvalue weighted by atomic mass is 16.5. The maximum absolute atomic E-state index is 5.59. The van der Waals surface area contributed by atoms with Crippen molar-refractivity contribution < 1.29 is 4.74 Å². The fourth-order valence-electron chi connectivity index (χ4n) is 2.36. The number of morpholine rings is 1. The number of ether oxygens (including phenoxy) is 1. The standard InChI is InChI=1S/C14H23N3O/c1-4-12-5-6-13(9-15-12)17-7-8-18-11-14(17)10-16(2)3/h5-6,9,14H,4,7-8,10-11H2,1-3H3. The predicted molar refractivity (Wildman–Crippen MR) is 74.1 cm³/mol. The van der Waals surface area contributed by atoms with Gasteiger partial charge in [-0.2, -0.15) is 0 Å². The van der Waals surface area contributed by atoms with Gasteiger partial charge in [-0.25, -0.2) is 0 Å². The molecule has 0 aromatic carbocycles. The summed E-state index contributed by atoms with van der Waals surface area (Å²) in [6.07, 6.45) is 2.98. The molecule has 4 heteroatoms. The van der Waals surface area contributed by atoms with Crippen molar-refractivity contribution in [2.45, 2.75) is 19.4 Å². The molecule has 0 aliphatic carbocycles. The van der Waals surface area contributed by atoms with Crippen molar-refractivity contribution in [3.63, 3.8) is 0 Å². The van der Waals surface area contributed by atoms with E-state index in [-0.39, 0.29) is 0 Å². The molecule has 0 bridgehead atoms. The van der Waals surface area contributed by atoms with Crippen LogP contribution in [-0.2, 0) is 11.2 Å². The number of hydrogen-bond donors (Lipinski definition) is 0. The minimum Gasteiger partial charge on any atom is -0.377 e. The molecule has 2 heterocycles. The number of anilines is 1. The van der Waals surface area contributed by atoms with Crippen LogP contribution in [0.5, 0.6) is 0 Å². The van der Waals surface area contributed by atoms with Crippen LogP contribution >= 0.6 is 0 Å². The molecule has 1 atom stereocenters. The minimum atomic E-state index is 0.419.